The van der Waals surface area contributed by atoms with Crippen molar-refractivity contribution in [3.8, 4) is 11.5 Å². The number of amides is 1. The molecule has 0 radical (unpaired) electrons. The molecule has 0 unspecified atom stereocenters. The zero-order valence-corrected chi connectivity index (χ0v) is 20.4. The highest BCUT2D eigenvalue weighted by atomic mass is 35.5. The van der Waals surface area contributed by atoms with Crippen molar-refractivity contribution in [3.63, 3.8) is 0 Å². The van der Waals surface area contributed by atoms with Gasteiger partial charge in [-0.05, 0) is 66.9 Å². The average molecular weight is 501 g/mol. The van der Waals surface area contributed by atoms with Gasteiger partial charge in [-0.3, -0.25) is 9.10 Å². The minimum absolute atomic E-state index is 0.171. The lowest BCUT2D eigenvalue weighted by molar-refractivity contribution is -0.116. The fraction of sp³-hybridized carbons (Fsp3) is 0.240. The Balaban J connectivity index is 1.49. The van der Waals surface area contributed by atoms with Crippen molar-refractivity contribution in [2.24, 2.45) is 0 Å². The number of methoxy groups -OCH3 is 2. The fourth-order valence-corrected chi connectivity index (χ4v) is 5.67. The van der Waals surface area contributed by atoms with Crippen LogP contribution in [0, 0.1) is 0 Å². The highest BCUT2D eigenvalue weighted by Gasteiger charge is 2.31. The molecule has 4 rings (SSSR count). The second-order valence-electron chi connectivity index (χ2n) is 7.81. The van der Waals surface area contributed by atoms with Crippen LogP contribution in [-0.2, 0) is 27.7 Å². The first-order valence-corrected chi connectivity index (χ1v) is 12.6. The van der Waals surface area contributed by atoms with Crippen molar-refractivity contribution in [2.45, 2.75) is 24.2 Å². The molecule has 0 spiro atoms. The van der Waals surface area contributed by atoms with Crippen LogP contribution in [0.3, 0.4) is 0 Å². The zero-order valence-electron chi connectivity index (χ0n) is 18.9. The van der Waals surface area contributed by atoms with Crippen LogP contribution in [0.1, 0.15) is 17.5 Å². The van der Waals surface area contributed by atoms with E-state index in [4.69, 9.17) is 21.1 Å². The molecule has 0 aromatic heterocycles. The zero-order chi connectivity index (χ0) is 24.3. The summed E-state index contributed by atoms with van der Waals surface area (Å²) >= 11 is 5.91. The number of anilines is 2. The van der Waals surface area contributed by atoms with Gasteiger partial charge in [0, 0.05) is 29.2 Å². The Kier molecular flexibility index (Phi) is 7.00. The number of hydrogen-bond donors (Lipinski definition) is 1. The lowest BCUT2D eigenvalue weighted by Crippen LogP contribution is -2.29. The Hall–Kier alpha value is -3.23. The molecule has 1 amide bonds. The predicted octanol–water partition coefficient (Wildman–Crippen LogP) is 4.68. The molecule has 3 aromatic rings. The fourth-order valence-electron chi connectivity index (χ4n) is 4.05. The maximum atomic E-state index is 13.2. The van der Waals surface area contributed by atoms with Gasteiger partial charge in [-0.2, -0.15) is 0 Å². The van der Waals surface area contributed by atoms with E-state index in [-0.39, 0.29) is 17.2 Å². The first kappa shape index (κ1) is 23.9. The Morgan fingerprint density at radius 1 is 1.03 bits per heavy atom. The molecule has 7 nitrogen and oxygen atoms in total. The molecule has 3 aromatic carbocycles. The second kappa shape index (κ2) is 9.95. The van der Waals surface area contributed by atoms with Crippen molar-refractivity contribution in [3.05, 3.63) is 76.8 Å². The third-order valence-electron chi connectivity index (χ3n) is 5.76. The number of ether oxygens (including phenoxy) is 2. The topological polar surface area (TPSA) is 84.9 Å². The summed E-state index contributed by atoms with van der Waals surface area (Å²) in [5.74, 6) is 1.12. The van der Waals surface area contributed by atoms with Gasteiger partial charge in [0.05, 0.1) is 24.8 Å². The molecule has 1 N–H and O–H groups in total. The number of nitrogens with zero attached hydrogens (tertiary/aromatic N) is 1. The lowest BCUT2D eigenvalue weighted by atomic mass is 10.1. The van der Waals surface area contributed by atoms with Crippen LogP contribution in [0.15, 0.2) is 65.6 Å². The van der Waals surface area contributed by atoms with E-state index in [0.717, 1.165) is 11.1 Å². The first-order chi connectivity index (χ1) is 16.3. The molecule has 1 aliphatic heterocycles. The minimum Gasteiger partial charge on any atom is -0.496 e. The summed E-state index contributed by atoms with van der Waals surface area (Å²) in [4.78, 5) is 12.9. The number of carbonyl (C=O) groups excluding carboxylic acids is 1. The molecule has 9 heteroatoms. The second-order valence-corrected chi connectivity index (χ2v) is 10.1. The van der Waals surface area contributed by atoms with E-state index in [1.165, 1.54) is 16.4 Å². The number of hydrogen-bond acceptors (Lipinski definition) is 5. The van der Waals surface area contributed by atoms with Crippen molar-refractivity contribution >= 4 is 38.9 Å². The van der Waals surface area contributed by atoms with Gasteiger partial charge in [-0.1, -0.05) is 23.7 Å². The molecule has 1 aliphatic rings. The standard InChI is InChI=1S/C25H25ClN2O5S/c1-32-23-4-3-5-24(33-2)21(23)12-13-25(29)27-19-9-6-17-14-15-28(22(17)16-19)34(30,31)20-10-7-18(26)8-11-20/h3-11,16H,12-15H2,1-2H3,(H,27,29). The van der Waals surface area contributed by atoms with E-state index in [2.05, 4.69) is 5.32 Å². The smallest absolute Gasteiger partial charge is 0.264 e. The van der Waals surface area contributed by atoms with Crippen LogP contribution < -0.4 is 19.1 Å². The van der Waals surface area contributed by atoms with E-state index in [1.54, 1.807) is 38.5 Å². The van der Waals surface area contributed by atoms with Crippen LogP contribution >= 0.6 is 11.6 Å². The largest absolute Gasteiger partial charge is 0.496 e. The predicted molar refractivity (Wildman–Crippen MR) is 133 cm³/mol. The lowest BCUT2D eigenvalue weighted by Gasteiger charge is -2.20. The van der Waals surface area contributed by atoms with E-state index in [9.17, 15) is 13.2 Å². The van der Waals surface area contributed by atoms with Gasteiger partial charge in [0.2, 0.25) is 5.91 Å². The maximum absolute atomic E-state index is 13.2. The highest BCUT2D eigenvalue weighted by molar-refractivity contribution is 7.92. The van der Waals surface area contributed by atoms with Crippen LogP contribution in [0.4, 0.5) is 11.4 Å². The average Bonchev–Trinajstić information content (AvgIpc) is 3.27. The summed E-state index contributed by atoms with van der Waals surface area (Å²) < 4.78 is 38.6. The van der Waals surface area contributed by atoms with Crippen molar-refractivity contribution in [1.29, 1.82) is 0 Å². The van der Waals surface area contributed by atoms with Gasteiger partial charge in [-0.15, -0.1) is 0 Å². The Bertz CT molecular complexity index is 1290. The highest BCUT2D eigenvalue weighted by Crippen LogP contribution is 2.35. The monoisotopic (exact) mass is 500 g/mol. The van der Waals surface area contributed by atoms with Gasteiger partial charge in [0.25, 0.3) is 10.0 Å². The molecule has 178 valence electrons. The normalized spacial score (nSPS) is 12.9. The number of fused-ring (bicyclic) bond motifs is 1. The Labute approximate surface area is 204 Å². The molecule has 34 heavy (non-hydrogen) atoms. The summed E-state index contributed by atoms with van der Waals surface area (Å²) in [6.07, 6.45) is 1.24. The van der Waals surface area contributed by atoms with Crippen LogP contribution in [0.25, 0.3) is 0 Å². The molecular weight excluding hydrogens is 476 g/mol. The molecule has 0 aliphatic carbocycles. The SMILES string of the molecule is COc1cccc(OC)c1CCC(=O)Nc1ccc2c(c1)N(S(=O)(=O)c1ccc(Cl)cc1)CC2. The summed E-state index contributed by atoms with van der Waals surface area (Å²) in [5.41, 5.74) is 2.83. The molecule has 0 bridgehead atoms. The van der Waals surface area contributed by atoms with E-state index < -0.39 is 10.0 Å². The van der Waals surface area contributed by atoms with Gasteiger partial charge in [-0.25, -0.2) is 8.42 Å². The van der Waals surface area contributed by atoms with Gasteiger partial charge in [0.1, 0.15) is 11.5 Å². The summed E-state index contributed by atoms with van der Waals surface area (Å²) in [7, 11) is -0.589. The molecule has 1 heterocycles. The molecule has 0 saturated carbocycles. The Morgan fingerprint density at radius 3 is 2.35 bits per heavy atom. The van der Waals surface area contributed by atoms with Crippen molar-refractivity contribution in [2.75, 3.05) is 30.4 Å². The molecule has 0 fully saturated rings. The maximum Gasteiger partial charge on any atom is 0.264 e. The van der Waals surface area contributed by atoms with Crippen LogP contribution in [0.5, 0.6) is 11.5 Å². The van der Waals surface area contributed by atoms with E-state index >= 15 is 0 Å². The number of rotatable bonds is 8. The summed E-state index contributed by atoms with van der Waals surface area (Å²) in [5, 5.41) is 3.35. The quantitative estimate of drug-likeness (QED) is 0.485. The van der Waals surface area contributed by atoms with Crippen molar-refractivity contribution in [1.82, 2.24) is 0 Å². The first-order valence-electron chi connectivity index (χ1n) is 10.7. The molecule has 0 atom stereocenters. The number of nitrogens with one attached hydrogen (secondary N) is 1. The van der Waals surface area contributed by atoms with Gasteiger partial charge >= 0.3 is 0 Å². The number of halogens is 1. The van der Waals surface area contributed by atoms with Gasteiger partial charge < -0.3 is 14.8 Å². The van der Waals surface area contributed by atoms with Crippen molar-refractivity contribution < 1.29 is 22.7 Å². The van der Waals surface area contributed by atoms with E-state index in [0.29, 0.717) is 47.3 Å². The summed E-state index contributed by atoms with van der Waals surface area (Å²) in [6.45, 7) is 0.339. The third kappa shape index (κ3) is 4.83. The van der Waals surface area contributed by atoms with E-state index in [1.807, 2.05) is 24.3 Å². The van der Waals surface area contributed by atoms with Crippen LogP contribution in [0.2, 0.25) is 5.02 Å². The Morgan fingerprint density at radius 2 is 1.71 bits per heavy atom. The third-order valence-corrected chi connectivity index (χ3v) is 7.83. The molecular formula is C25H25ClN2O5S. The molecule has 0 saturated heterocycles. The number of carbonyl (C=O) groups is 1. The number of benzene rings is 3. The number of sulfonamides is 1. The minimum atomic E-state index is -3.74. The van der Waals surface area contributed by atoms with Gasteiger partial charge in [0.15, 0.2) is 0 Å². The summed E-state index contributed by atoms with van der Waals surface area (Å²) in [6, 6.07) is 16.9. The van der Waals surface area contributed by atoms with Crippen LogP contribution in [-0.4, -0.2) is 35.1 Å².